The Morgan fingerprint density at radius 3 is 2.47 bits per heavy atom. The molecule has 9 nitrogen and oxygen atoms in total. The highest BCUT2D eigenvalue weighted by Gasteiger charge is 2.73. The molecular weight excluding hydrogens is 492 g/mol. The van der Waals surface area contributed by atoms with Gasteiger partial charge in [-0.1, -0.05) is 20.8 Å². The SMILES string of the molecule is CC(C)CC(=O)OCC1=C2CC(=O)OC(C)(C)C2=CC(=O)C2(C)C1CC1(C)C(=O)OC3OC(C)C(=O)C2C31. The summed E-state index contributed by atoms with van der Waals surface area (Å²) in [5.41, 5.74) is -1.77. The highest BCUT2D eigenvalue weighted by molar-refractivity contribution is 6.04. The zero-order chi connectivity index (χ0) is 27.9. The molecule has 9 heteroatoms. The number of ketones is 2. The maximum Gasteiger partial charge on any atom is 0.314 e. The summed E-state index contributed by atoms with van der Waals surface area (Å²) < 4.78 is 22.8. The standard InChI is InChI=1S/C29H36O9/c1-13(2)8-20(31)35-12-16-15-9-21(32)38-27(4,5)17(15)10-19(30)29(7)18(16)11-28(6)23-22(29)24(33)14(3)36-25(23)37-26(28)34/h10,13-14,18,22-23,25H,8-9,11-12H2,1-7H3. The Morgan fingerprint density at radius 2 is 1.82 bits per heavy atom. The van der Waals surface area contributed by atoms with Gasteiger partial charge in [0, 0.05) is 29.2 Å². The molecule has 2 aliphatic carbocycles. The molecule has 1 saturated carbocycles. The summed E-state index contributed by atoms with van der Waals surface area (Å²) in [6.07, 6.45) is 0.0181. The van der Waals surface area contributed by atoms with Crippen LogP contribution in [0.2, 0.25) is 0 Å². The fourth-order valence-electron chi connectivity index (χ4n) is 7.40. The zero-order valence-corrected chi connectivity index (χ0v) is 23.0. The summed E-state index contributed by atoms with van der Waals surface area (Å²) in [4.78, 5) is 66.7. The second-order valence-electron chi connectivity index (χ2n) is 12.8. The van der Waals surface area contributed by atoms with Crippen LogP contribution in [-0.2, 0) is 42.9 Å². The van der Waals surface area contributed by atoms with Crippen LogP contribution in [-0.4, -0.2) is 54.1 Å². The minimum absolute atomic E-state index is 0.0843. The van der Waals surface area contributed by atoms with E-state index in [1.54, 1.807) is 34.6 Å². The first-order chi connectivity index (χ1) is 17.6. The summed E-state index contributed by atoms with van der Waals surface area (Å²) in [5.74, 6) is -3.94. The van der Waals surface area contributed by atoms with E-state index in [2.05, 4.69) is 0 Å². The van der Waals surface area contributed by atoms with Crippen LogP contribution in [0.3, 0.4) is 0 Å². The topological polar surface area (TPSA) is 122 Å². The highest BCUT2D eigenvalue weighted by atomic mass is 16.7. The highest BCUT2D eigenvalue weighted by Crippen LogP contribution is 2.65. The van der Waals surface area contributed by atoms with Gasteiger partial charge in [0.15, 0.2) is 11.6 Å². The molecule has 0 radical (unpaired) electrons. The third-order valence-corrected chi connectivity index (χ3v) is 9.36. The fraction of sp³-hybridized carbons (Fsp3) is 0.690. The number of fused-ring (bicyclic) bond motifs is 3. The van der Waals surface area contributed by atoms with Gasteiger partial charge in [-0.3, -0.25) is 24.0 Å². The quantitative estimate of drug-likeness (QED) is 0.400. The van der Waals surface area contributed by atoms with E-state index in [-0.39, 0.29) is 43.4 Å². The lowest BCUT2D eigenvalue weighted by Crippen LogP contribution is -2.63. The van der Waals surface area contributed by atoms with Crippen molar-refractivity contribution in [2.45, 2.75) is 85.7 Å². The van der Waals surface area contributed by atoms with Crippen LogP contribution in [0.15, 0.2) is 22.8 Å². The average molecular weight is 529 g/mol. The summed E-state index contributed by atoms with van der Waals surface area (Å²) in [5, 5.41) is 0. The number of ether oxygens (including phenoxy) is 4. The lowest BCUT2D eigenvalue weighted by Gasteiger charge is -2.55. The number of carbonyl (C=O) groups excluding carboxylic acids is 5. The molecule has 3 heterocycles. The smallest absolute Gasteiger partial charge is 0.314 e. The Morgan fingerprint density at radius 1 is 1.13 bits per heavy atom. The molecule has 206 valence electrons. The maximum absolute atomic E-state index is 14.3. The van der Waals surface area contributed by atoms with Crippen molar-refractivity contribution >= 4 is 29.5 Å². The van der Waals surface area contributed by atoms with Gasteiger partial charge in [0.25, 0.3) is 0 Å². The number of allylic oxidation sites excluding steroid dienone is 1. The van der Waals surface area contributed by atoms with Crippen LogP contribution in [0.25, 0.3) is 0 Å². The van der Waals surface area contributed by atoms with Crippen LogP contribution in [0.1, 0.15) is 67.7 Å². The Balaban J connectivity index is 1.72. The molecule has 3 aliphatic heterocycles. The fourth-order valence-corrected chi connectivity index (χ4v) is 7.40. The first-order valence-corrected chi connectivity index (χ1v) is 13.4. The minimum atomic E-state index is -1.28. The molecule has 0 aromatic heterocycles. The van der Waals surface area contributed by atoms with Crippen molar-refractivity contribution in [1.29, 1.82) is 0 Å². The molecule has 0 aromatic rings. The number of rotatable bonds is 4. The molecule has 38 heavy (non-hydrogen) atoms. The molecule has 7 unspecified atom stereocenters. The number of Topliss-reactive ketones (excluding diaryl/α,β-unsaturated/α-hetero) is 1. The molecule has 0 bridgehead atoms. The normalized spacial score (nSPS) is 39.5. The van der Waals surface area contributed by atoms with Crippen LogP contribution < -0.4 is 0 Å². The first-order valence-electron chi connectivity index (χ1n) is 13.4. The second-order valence-corrected chi connectivity index (χ2v) is 12.8. The molecule has 0 aromatic carbocycles. The molecule has 5 aliphatic rings. The predicted octanol–water partition coefficient (Wildman–Crippen LogP) is 3.24. The van der Waals surface area contributed by atoms with Gasteiger partial charge in [-0.05, 0) is 63.2 Å². The van der Waals surface area contributed by atoms with E-state index in [9.17, 15) is 24.0 Å². The Bertz CT molecular complexity index is 1210. The van der Waals surface area contributed by atoms with Crippen LogP contribution in [0, 0.1) is 34.5 Å². The molecule has 4 fully saturated rings. The molecule has 0 spiro atoms. The summed E-state index contributed by atoms with van der Waals surface area (Å²) in [6.45, 7) is 12.2. The third kappa shape index (κ3) is 3.72. The molecular formula is C29H36O9. The largest absolute Gasteiger partial charge is 0.461 e. The molecule has 7 atom stereocenters. The number of cyclic esters (lactones) is 1. The first kappa shape index (κ1) is 26.8. The van der Waals surface area contributed by atoms with Crippen molar-refractivity contribution in [1.82, 2.24) is 0 Å². The van der Waals surface area contributed by atoms with Crippen molar-refractivity contribution in [3.63, 3.8) is 0 Å². The van der Waals surface area contributed by atoms with Crippen molar-refractivity contribution < 1.29 is 42.9 Å². The van der Waals surface area contributed by atoms with Gasteiger partial charge in [-0.2, -0.15) is 0 Å². The van der Waals surface area contributed by atoms with E-state index < -0.39 is 64.5 Å². The zero-order valence-electron chi connectivity index (χ0n) is 23.0. The number of hydrogen-bond donors (Lipinski definition) is 0. The number of carbonyl (C=O) groups is 5. The summed E-state index contributed by atoms with van der Waals surface area (Å²) in [6, 6.07) is 0. The number of hydrogen-bond acceptors (Lipinski definition) is 9. The van der Waals surface area contributed by atoms with E-state index in [0.717, 1.165) is 0 Å². The summed E-state index contributed by atoms with van der Waals surface area (Å²) in [7, 11) is 0. The maximum atomic E-state index is 14.3. The van der Waals surface area contributed by atoms with Gasteiger partial charge in [0.2, 0.25) is 6.29 Å². The van der Waals surface area contributed by atoms with Crippen molar-refractivity contribution in [2.75, 3.05) is 6.61 Å². The lowest BCUT2D eigenvalue weighted by molar-refractivity contribution is -0.218. The van der Waals surface area contributed by atoms with Gasteiger partial charge in [-0.15, -0.1) is 0 Å². The van der Waals surface area contributed by atoms with E-state index in [4.69, 9.17) is 18.9 Å². The molecule has 3 saturated heterocycles. The second kappa shape index (κ2) is 8.60. The van der Waals surface area contributed by atoms with Gasteiger partial charge < -0.3 is 18.9 Å². The molecule has 0 N–H and O–H groups in total. The van der Waals surface area contributed by atoms with E-state index in [1.165, 1.54) is 6.08 Å². The van der Waals surface area contributed by atoms with Crippen molar-refractivity contribution in [3.05, 3.63) is 22.8 Å². The third-order valence-electron chi connectivity index (χ3n) is 9.36. The Kier molecular flexibility index (Phi) is 6.06. The monoisotopic (exact) mass is 528 g/mol. The lowest BCUT2D eigenvalue weighted by atomic mass is 9.46. The van der Waals surface area contributed by atoms with Crippen molar-refractivity contribution in [2.24, 2.45) is 34.5 Å². The number of esters is 3. The van der Waals surface area contributed by atoms with Crippen LogP contribution >= 0.6 is 0 Å². The predicted molar refractivity (Wildman–Crippen MR) is 132 cm³/mol. The van der Waals surface area contributed by atoms with E-state index in [0.29, 0.717) is 16.7 Å². The summed E-state index contributed by atoms with van der Waals surface area (Å²) >= 11 is 0. The van der Waals surface area contributed by atoms with E-state index >= 15 is 0 Å². The average Bonchev–Trinajstić information content (AvgIpc) is 2.98. The van der Waals surface area contributed by atoms with Gasteiger partial charge in [-0.25, -0.2) is 0 Å². The van der Waals surface area contributed by atoms with Crippen LogP contribution in [0.4, 0.5) is 0 Å². The van der Waals surface area contributed by atoms with Gasteiger partial charge in [0.1, 0.15) is 18.3 Å². The Labute approximate surface area is 222 Å². The van der Waals surface area contributed by atoms with Gasteiger partial charge >= 0.3 is 17.9 Å². The van der Waals surface area contributed by atoms with Crippen molar-refractivity contribution in [3.8, 4) is 0 Å². The van der Waals surface area contributed by atoms with Crippen LogP contribution in [0.5, 0.6) is 0 Å². The van der Waals surface area contributed by atoms with E-state index in [1.807, 2.05) is 13.8 Å². The Hall–Kier alpha value is -2.81. The minimum Gasteiger partial charge on any atom is -0.461 e. The molecule has 5 rings (SSSR count). The molecule has 0 amide bonds. The van der Waals surface area contributed by atoms with Gasteiger partial charge in [0.05, 0.1) is 11.8 Å².